The standard InChI is InChI=1S/C13H16BrN/c1-15-13(8-9-13)12(6-7-12)10-4-2-3-5-11(10)14/h2-5,15H,6-9H2,1H3. The lowest BCUT2D eigenvalue weighted by molar-refractivity contribution is 0.425. The van der Waals surface area contributed by atoms with E-state index in [2.05, 4.69) is 52.6 Å². The van der Waals surface area contributed by atoms with Gasteiger partial charge in [0.15, 0.2) is 0 Å². The summed E-state index contributed by atoms with van der Waals surface area (Å²) in [6.07, 6.45) is 5.36. The average molecular weight is 266 g/mol. The largest absolute Gasteiger partial charge is 0.313 e. The molecule has 0 aliphatic heterocycles. The predicted octanol–water partition coefficient (Wildman–Crippen LogP) is 3.23. The lowest BCUT2D eigenvalue weighted by Crippen LogP contribution is -2.40. The first-order valence-electron chi connectivity index (χ1n) is 5.68. The number of likely N-dealkylation sites (N-methyl/N-ethyl adjacent to an activating group) is 1. The highest BCUT2D eigenvalue weighted by molar-refractivity contribution is 9.10. The summed E-state index contributed by atoms with van der Waals surface area (Å²) < 4.78 is 1.28. The van der Waals surface area contributed by atoms with Crippen molar-refractivity contribution in [1.29, 1.82) is 0 Å². The normalized spacial score (nSPS) is 24.9. The van der Waals surface area contributed by atoms with Crippen LogP contribution in [-0.4, -0.2) is 12.6 Å². The molecule has 3 rings (SSSR count). The Morgan fingerprint density at radius 2 is 1.80 bits per heavy atom. The summed E-state index contributed by atoms with van der Waals surface area (Å²) in [5.74, 6) is 0. The highest BCUT2D eigenvalue weighted by Gasteiger charge is 2.65. The Hall–Kier alpha value is -0.340. The van der Waals surface area contributed by atoms with E-state index in [-0.39, 0.29) is 0 Å². The summed E-state index contributed by atoms with van der Waals surface area (Å²) in [7, 11) is 2.11. The summed E-state index contributed by atoms with van der Waals surface area (Å²) in [4.78, 5) is 0. The van der Waals surface area contributed by atoms with Gasteiger partial charge in [-0.05, 0) is 44.4 Å². The minimum Gasteiger partial charge on any atom is -0.313 e. The van der Waals surface area contributed by atoms with Gasteiger partial charge >= 0.3 is 0 Å². The molecule has 1 aromatic rings. The number of hydrogen-bond acceptors (Lipinski definition) is 1. The minimum absolute atomic E-state index is 0.414. The smallest absolute Gasteiger partial charge is 0.0277 e. The van der Waals surface area contributed by atoms with Gasteiger partial charge in [0.05, 0.1) is 0 Å². The van der Waals surface area contributed by atoms with Crippen LogP contribution in [-0.2, 0) is 5.41 Å². The second-order valence-electron chi connectivity index (χ2n) is 4.89. The van der Waals surface area contributed by atoms with Crippen molar-refractivity contribution < 1.29 is 0 Å². The number of halogens is 1. The number of nitrogens with one attached hydrogen (secondary N) is 1. The molecule has 0 aromatic heterocycles. The van der Waals surface area contributed by atoms with E-state index >= 15 is 0 Å². The molecule has 1 nitrogen and oxygen atoms in total. The van der Waals surface area contributed by atoms with E-state index < -0.39 is 0 Å². The van der Waals surface area contributed by atoms with Gasteiger partial charge in [0.25, 0.3) is 0 Å². The Morgan fingerprint density at radius 1 is 1.13 bits per heavy atom. The van der Waals surface area contributed by atoms with E-state index in [1.807, 2.05) is 0 Å². The van der Waals surface area contributed by atoms with Gasteiger partial charge in [0.1, 0.15) is 0 Å². The van der Waals surface area contributed by atoms with Crippen molar-refractivity contribution in [2.75, 3.05) is 7.05 Å². The molecule has 2 fully saturated rings. The maximum Gasteiger partial charge on any atom is 0.0277 e. The van der Waals surface area contributed by atoms with Crippen LogP contribution in [0.5, 0.6) is 0 Å². The fourth-order valence-electron chi connectivity index (χ4n) is 3.07. The molecule has 2 saturated carbocycles. The fraction of sp³-hybridized carbons (Fsp3) is 0.538. The molecule has 1 N–H and O–H groups in total. The van der Waals surface area contributed by atoms with Crippen molar-refractivity contribution in [3.63, 3.8) is 0 Å². The Kier molecular flexibility index (Phi) is 2.02. The summed E-state index contributed by atoms with van der Waals surface area (Å²) in [6, 6.07) is 8.71. The van der Waals surface area contributed by atoms with Crippen molar-refractivity contribution in [1.82, 2.24) is 5.32 Å². The minimum atomic E-state index is 0.414. The molecule has 0 spiro atoms. The van der Waals surface area contributed by atoms with Gasteiger partial charge in [-0.1, -0.05) is 34.1 Å². The van der Waals surface area contributed by atoms with Crippen LogP contribution in [0, 0.1) is 0 Å². The zero-order valence-electron chi connectivity index (χ0n) is 9.02. The van der Waals surface area contributed by atoms with Gasteiger partial charge in [0, 0.05) is 15.4 Å². The van der Waals surface area contributed by atoms with Crippen LogP contribution >= 0.6 is 15.9 Å². The van der Waals surface area contributed by atoms with E-state index in [0.717, 1.165) is 0 Å². The second-order valence-corrected chi connectivity index (χ2v) is 5.75. The Balaban J connectivity index is 2.04. The molecule has 2 aliphatic rings. The third-order valence-corrected chi connectivity index (χ3v) is 4.98. The van der Waals surface area contributed by atoms with Crippen molar-refractivity contribution >= 4 is 15.9 Å². The first-order valence-corrected chi connectivity index (χ1v) is 6.47. The SMILES string of the molecule is CNC1(C2(c3ccccc3Br)CC2)CC1. The summed E-state index contributed by atoms with van der Waals surface area (Å²) in [5, 5.41) is 3.56. The van der Waals surface area contributed by atoms with Crippen molar-refractivity contribution in [3.05, 3.63) is 34.3 Å². The van der Waals surface area contributed by atoms with Crippen molar-refractivity contribution in [2.24, 2.45) is 0 Å². The zero-order chi connectivity index (χ0) is 10.5. The lowest BCUT2D eigenvalue weighted by Gasteiger charge is -2.28. The molecular formula is C13H16BrN. The molecular weight excluding hydrogens is 250 g/mol. The highest BCUT2D eigenvalue weighted by atomic mass is 79.9. The maximum absolute atomic E-state index is 3.69. The predicted molar refractivity (Wildman–Crippen MR) is 66.1 cm³/mol. The molecule has 15 heavy (non-hydrogen) atoms. The van der Waals surface area contributed by atoms with E-state index in [1.54, 1.807) is 0 Å². The third-order valence-electron chi connectivity index (χ3n) is 4.28. The number of rotatable bonds is 3. The Labute approximate surface area is 99.4 Å². The quantitative estimate of drug-likeness (QED) is 0.885. The van der Waals surface area contributed by atoms with E-state index in [1.165, 1.54) is 35.7 Å². The zero-order valence-corrected chi connectivity index (χ0v) is 10.6. The lowest BCUT2D eigenvalue weighted by atomic mass is 9.86. The molecule has 1 aromatic carbocycles. The number of hydrogen-bond donors (Lipinski definition) is 1. The van der Waals surface area contributed by atoms with Crippen molar-refractivity contribution in [2.45, 2.75) is 36.6 Å². The monoisotopic (exact) mass is 265 g/mol. The molecule has 2 aliphatic carbocycles. The van der Waals surface area contributed by atoms with E-state index in [9.17, 15) is 0 Å². The molecule has 0 unspecified atom stereocenters. The van der Waals surface area contributed by atoms with Crippen LogP contribution in [0.3, 0.4) is 0 Å². The third kappa shape index (κ3) is 1.24. The van der Waals surface area contributed by atoms with Gasteiger partial charge in [0.2, 0.25) is 0 Å². The first-order chi connectivity index (χ1) is 7.24. The van der Waals surface area contributed by atoms with Gasteiger partial charge in [-0.25, -0.2) is 0 Å². The summed E-state index contributed by atoms with van der Waals surface area (Å²) in [6.45, 7) is 0. The second kappa shape index (κ2) is 3.08. The van der Waals surface area contributed by atoms with Crippen molar-refractivity contribution in [3.8, 4) is 0 Å². The van der Waals surface area contributed by atoms with Gasteiger partial charge < -0.3 is 5.32 Å². The summed E-state index contributed by atoms with van der Waals surface area (Å²) in [5.41, 5.74) is 2.36. The van der Waals surface area contributed by atoms with Crippen LogP contribution in [0.15, 0.2) is 28.7 Å². The van der Waals surface area contributed by atoms with Gasteiger partial charge in [-0.2, -0.15) is 0 Å². The van der Waals surface area contributed by atoms with Crippen LogP contribution in [0.1, 0.15) is 31.2 Å². The van der Waals surface area contributed by atoms with E-state index in [0.29, 0.717) is 11.0 Å². The average Bonchev–Trinajstić information content (AvgIpc) is 3.13. The van der Waals surface area contributed by atoms with Crippen LogP contribution in [0.4, 0.5) is 0 Å². The highest BCUT2D eigenvalue weighted by Crippen LogP contribution is 2.65. The molecule has 2 heteroatoms. The maximum atomic E-state index is 3.69. The van der Waals surface area contributed by atoms with Gasteiger partial charge in [-0.3, -0.25) is 0 Å². The van der Waals surface area contributed by atoms with Crippen LogP contribution in [0.2, 0.25) is 0 Å². The first kappa shape index (κ1) is 9.86. The molecule has 0 atom stereocenters. The fourth-order valence-corrected chi connectivity index (χ4v) is 3.74. The molecule has 0 amide bonds. The molecule has 80 valence electrons. The number of benzene rings is 1. The molecule has 0 bridgehead atoms. The molecule has 0 saturated heterocycles. The van der Waals surface area contributed by atoms with E-state index in [4.69, 9.17) is 0 Å². The molecule has 0 radical (unpaired) electrons. The molecule has 0 heterocycles. The van der Waals surface area contributed by atoms with Crippen LogP contribution < -0.4 is 5.32 Å². The topological polar surface area (TPSA) is 12.0 Å². The van der Waals surface area contributed by atoms with Gasteiger partial charge in [-0.15, -0.1) is 0 Å². The van der Waals surface area contributed by atoms with Crippen LogP contribution in [0.25, 0.3) is 0 Å². The Morgan fingerprint density at radius 3 is 2.27 bits per heavy atom. The Bertz CT molecular complexity index is 391. The summed E-state index contributed by atoms with van der Waals surface area (Å²) >= 11 is 3.69.